The average Bonchev–Trinajstić information content (AvgIpc) is 3.67. The number of amides is 3. The highest BCUT2D eigenvalue weighted by Crippen LogP contribution is 2.59. The van der Waals surface area contributed by atoms with Gasteiger partial charge in [0.05, 0.1) is 12.5 Å². The van der Waals surface area contributed by atoms with Crippen LogP contribution in [0.4, 0.5) is 0 Å². The van der Waals surface area contributed by atoms with Crippen LogP contribution in [0, 0.1) is 11.8 Å². The van der Waals surface area contributed by atoms with Crippen LogP contribution in [-0.4, -0.2) is 88.6 Å². The van der Waals surface area contributed by atoms with Crippen molar-refractivity contribution >= 4 is 39.6 Å². The number of esters is 1. The van der Waals surface area contributed by atoms with E-state index in [0.717, 1.165) is 50.5 Å². The fourth-order valence-electron chi connectivity index (χ4n) is 8.15. The number of halogens is 1. The van der Waals surface area contributed by atoms with Gasteiger partial charge < -0.3 is 29.7 Å². The zero-order valence-electron chi connectivity index (χ0n) is 26.9. The second-order valence-electron chi connectivity index (χ2n) is 13.4. The van der Waals surface area contributed by atoms with Gasteiger partial charge in [0, 0.05) is 36.6 Å². The number of allylic oxidation sites excluding steroid dienone is 1. The molecule has 0 radical (unpaired) electrons. The van der Waals surface area contributed by atoms with Crippen LogP contribution >= 0.6 is 15.9 Å². The number of unbranched alkanes of at least 4 members (excludes halogenated alkanes) is 3. The topological polar surface area (TPSA) is 125 Å². The highest BCUT2D eigenvalue weighted by molar-refractivity contribution is 9.11. The van der Waals surface area contributed by atoms with Crippen molar-refractivity contribution in [3.8, 4) is 0 Å². The van der Waals surface area contributed by atoms with Gasteiger partial charge in [0.1, 0.15) is 29.8 Å². The maximum atomic E-state index is 14.9. The van der Waals surface area contributed by atoms with Crippen LogP contribution < -0.4 is 5.32 Å². The van der Waals surface area contributed by atoms with Gasteiger partial charge in [0.25, 0.3) is 0 Å². The second kappa shape index (κ2) is 15.0. The molecule has 5 bridgehead atoms. The zero-order valence-corrected chi connectivity index (χ0v) is 28.4. The Labute approximate surface area is 285 Å². The Balaban J connectivity index is 1.39. The molecule has 6 atom stereocenters. The lowest BCUT2D eigenvalue weighted by Crippen LogP contribution is -2.58. The largest absolute Gasteiger partial charge is 0.455 e. The molecule has 1 aromatic carbocycles. The molecule has 254 valence electrons. The van der Waals surface area contributed by atoms with Gasteiger partial charge in [-0.1, -0.05) is 90.5 Å². The zero-order chi connectivity index (χ0) is 33.0. The minimum atomic E-state index is -1.31. The van der Waals surface area contributed by atoms with E-state index in [1.54, 1.807) is 4.90 Å². The molecule has 0 unspecified atom stereocenters. The number of cyclic esters (lactones) is 1. The van der Waals surface area contributed by atoms with E-state index in [4.69, 9.17) is 9.47 Å². The average molecular weight is 713 g/mol. The maximum Gasteiger partial charge on any atom is 0.313 e. The van der Waals surface area contributed by atoms with Gasteiger partial charge in [-0.2, -0.15) is 0 Å². The van der Waals surface area contributed by atoms with E-state index in [2.05, 4.69) is 21.2 Å². The number of hydrogen-bond donors (Lipinski definition) is 2. The monoisotopic (exact) mass is 711 g/mol. The molecule has 0 aromatic heterocycles. The summed E-state index contributed by atoms with van der Waals surface area (Å²) in [6.45, 7) is 0.933. The molecule has 1 aliphatic carbocycles. The summed E-state index contributed by atoms with van der Waals surface area (Å²) < 4.78 is 13.5. The first-order valence-corrected chi connectivity index (χ1v) is 18.1. The number of rotatable bonds is 8. The summed E-state index contributed by atoms with van der Waals surface area (Å²) in [5.74, 6) is -3.06. The molecule has 4 heterocycles. The summed E-state index contributed by atoms with van der Waals surface area (Å²) in [6.07, 6.45) is 13.0. The molecule has 47 heavy (non-hydrogen) atoms. The number of hydrogen-bond acceptors (Lipinski definition) is 7. The summed E-state index contributed by atoms with van der Waals surface area (Å²) in [7, 11) is 0. The lowest BCUT2D eigenvalue weighted by molar-refractivity contribution is -0.160. The van der Waals surface area contributed by atoms with Crippen molar-refractivity contribution in [2.75, 3.05) is 26.2 Å². The predicted octanol–water partition coefficient (Wildman–Crippen LogP) is 4.32. The number of nitrogens with one attached hydrogen (secondary N) is 1. The van der Waals surface area contributed by atoms with Crippen molar-refractivity contribution in [2.24, 2.45) is 11.8 Å². The second-order valence-corrected chi connectivity index (χ2v) is 14.3. The van der Waals surface area contributed by atoms with Crippen molar-refractivity contribution in [2.45, 2.75) is 101 Å². The molecule has 2 N–H and O–H groups in total. The van der Waals surface area contributed by atoms with Gasteiger partial charge in [0.15, 0.2) is 0 Å². The molecule has 11 heteroatoms. The number of carbonyl (C=O) groups excluding carboxylic acids is 4. The highest BCUT2D eigenvalue weighted by Gasteiger charge is 2.75. The Morgan fingerprint density at radius 3 is 2.49 bits per heavy atom. The number of fused-ring (bicyclic) bond motifs is 2. The van der Waals surface area contributed by atoms with Gasteiger partial charge in [-0.25, -0.2) is 0 Å². The molecule has 3 amide bonds. The molecular weight excluding hydrogens is 666 g/mol. The smallest absolute Gasteiger partial charge is 0.313 e. The van der Waals surface area contributed by atoms with Crippen LogP contribution in [0.2, 0.25) is 0 Å². The van der Waals surface area contributed by atoms with Gasteiger partial charge in [-0.15, -0.1) is 0 Å². The molecule has 6 rings (SSSR count). The fraction of sp³-hybridized carbons (Fsp3) is 0.611. The molecule has 5 aliphatic rings. The molecule has 10 nitrogen and oxygen atoms in total. The normalized spacial score (nSPS) is 32.6. The van der Waals surface area contributed by atoms with Gasteiger partial charge in [-0.05, 0) is 43.7 Å². The van der Waals surface area contributed by atoms with Crippen molar-refractivity contribution in [3.05, 3.63) is 58.6 Å². The number of nitrogens with zero attached hydrogens (tertiary/aromatic N) is 2. The van der Waals surface area contributed by atoms with E-state index >= 15 is 0 Å². The summed E-state index contributed by atoms with van der Waals surface area (Å²) >= 11 is 3.64. The molecular formula is C36H46BrN3O7. The Kier molecular flexibility index (Phi) is 10.8. The minimum Gasteiger partial charge on any atom is -0.455 e. The third-order valence-corrected chi connectivity index (χ3v) is 11.1. The summed E-state index contributed by atoms with van der Waals surface area (Å²) in [4.78, 5) is 60.1. The van der Waals surface area contributed by atoms with Gasteiger partial charge in [0.2, 0.25) is 17.7 Å². The highest BCUT2D eigenvalue weighted by atomic mass is 79.9. The van der Waals surface area contributed by atoms with Gasteiger partial charge >= 0.3 is 5.97 Å². The molecule has 1 spiro atoms. The summed E-state index contributed by atoms with van der Waals surface area (Å²) in [5.41, 5.74) is -0.584. The van der Waals surface area contributed by atoms with E-state index in [1.807, 2.05) is 53.5 Å². The molecule has 3 fully saturated rings. The Bertz CT molecular complexity index is 1380. The van der Waals surface area contributed by atoms with E-state index in [0.29, 0.717) is 36.8 Å². The number of carbonyl (C=O) groups is 4. The van der Waals surface area contributed by atoms with Gasteiger partial charge in [-0.3, -0.25) is 19.2 Å². The first kappa shape index (κ1) is 33.9. The molecule has 4 aliphatic heterocycles. The van der Waals surface area contributed by atoms with Crippen molar-refractivity contribution in [1.29, 1.82) is 0 Å². The van der Waals surface area contributed by atoms with E-state index in [9.17, 15) is 24.3 Å². The Hall–Kier alpha value is -3.02. The third-order valence-electron chi connectivity index (χ3n) is 10.5. The first-order valence-electron chi connectivity index (χ1n) is 17.3. The van der Waals surface area contributed by atoms with Crippen LogP contribution in [0.15, 0.2) is 53.0 Å². The quantitative estimate of drug-likeness (QED) is 0.234. The van der Waals surface area contributed by atoms with Crippen LogP contribution in [0.1, 0.15) is 82.3 Å². The minimum absolute atomic E-state index is 0.0293. The van der Waals surface area contributed by atoms with Crippen LogP contribution in [0.3, 0.4) is 0 Å². The van der Waals surface area contributed by atoms with E-state index < -0.39 is 41.7 Å². The summed E-state index contributed by atoms with van der Waals surface area (Å²) in [5, 5.41) is 12.2. The maximum absolute atomic E-state index is 14.9. The van der Waals surface area contributed by atoms with Crippen molar-refractivity contribution in [1.82, 2.24) is 15.1 Å². The van der Waals surface area contributed by atoms with Crippen LogP contribution in [-0.2, 0) is 28.7 Å². The fourth-order valence-corrected chi connectivity index (χ4v) is 8.89. The van der Waals surface area contributed by atoms with Crippen LogP contribution in [0.5, 0.6) is 0 Å². The molecule has 2 saturated heterocycles. The lowest BCUT2D eigenvalue weighted by Gasteiger charge is -2.40. The third kappa shape index (κ3) is 6.81. The van der Waals surface area contributed by atoms with Crippen LogP contribution in [0.25, 0.3) is 0 Å². The standard InChI is InChI=1S/C36H46BrN3O7/c37-26-22-36-30-29(31(26)47-36)35(45)46-27(24-14-6-3-7-15-24)23-38-28(42)18-10-5-12-19-39(25-16-8-4-9-17-25)34(44)32(36)40(33(30)43)20-11-1-2-13-21-41/h3,5-7,12,14-15,22,25,27,29-32,41H,1-2,4,8-11,13,16-21,23H2,(H,38,42)/b12-5-/t27-,29-,30+,31-,32-,36+/m0/s1. The number of aliphatic hydroxyl groups is 1. The number of likely N-dealkylation sites (tertiary alicyclic amines) is 1. The number of aliphatic hydroxyl groups excluding tert-OH is 1. The Morgan fingerprint density at radius 2 is 1.72 bits per heavy atom. The molecule has 1 saturated carbocycles. The SMILES string of the molecule is O=C1CC/C=C\CN(C2CCCCC2)C(=O)[C@@H]2N(CCCCCCO)C(=O)[C@H]3[C@H](C(=O)O[C@H](c4ccccc4)CN1)[C@H]1O[C@@]23C=C1Br. The lowest BCUT2D eigenvalue weighted by atomic mass is 9.74. The Morgan fingerprint density at radius 1 is 0.957 bits per heavy atom. The number of benzene rings is 1. The molecule has 1 aromatic rings. The summed E-state index contributed by atoms with van der Waals surface area (Å²) in [6, 6.07) is 8.36. The van der Waals surface area contributed by atoms with Crippen molar-refractivity contribution in [3.63, 3.8) is 0 Å². The van der Waals surface area contributed by atoms with E-state index in [-0.39, 0.29) is 43.3 Å². The number of ether oxygens (including phenoxy) is 2. The van der Waals surface area contributed by atoms with E-state index in [1.165, 1.54) is 0 Å². The van der Waals surface area contributed by atoms with Crippen molar-refractivity contribution < 1.29 is 33.8 Å². The predicted molar refractivity (Wildman–Crippen MR) is 178 cm³/mol. The first-order chi connectivity index (χ1) is 22.9.